The third-order valence-electron chi connectivity index (χ3n) is 3.58. The number of hydrogen-bond donors (Lipinski definition) is 2. The molecule has 0 bridgehead atoms. The van der Waals surface area contributed by atoms with Crippen LogP contribution in [0.25, 0.3) is 0 Å². The highest BCUT2D eigenvalue weighted by atomic mass is 35.5. The molecule has 0 spiro atoms. The van der Waals surface area contributed by atoms with E-state index in [0.717, 1.165) is 25.8 Å². The number of carbonyl (C=O) groups excluding carboxylic acids is 2. The SMILES string of the molecule is CC[C@H](C)[C@H](NC(=O)CC1CCCN1)C(=O)OC.Cl. The Bertz CT molecular complexity index is 294. The lowest BCUT2D eigenvalue weighted by Gasteiger charge is -2.22. The molecule has 19 heavy (non-hydrogen) atoms. The Morgan fingerprint density at radius 2 is 2.16 bits per heavy atom. The van der Waals surface area contributed by atoms with Gasteiger partial charge in [0.2, 0.25) is 5.91 Å². The van der Waals surface area contributed by atoms with Crippen LogP contribution in [0.2, 0.25) is 0 Å². The third-order valence-corrected chi connectivity index (χ3v) is 3.58. The molecule has 1 aliphatic heterocycles. The Kier molecular flexibility index (Phi) is 8.76. The van der Waals surface area contributed by atoms with E-state index < -0.39 is 6.04 Å². The van der Waals surface area contributed by atoms with Gasteiger partial charge < -0.3 is 15.4 Å². The number of carbonyl (C=O) groups is 2. The zero-order valence-corrected chi connectivity index (χ0v) is 12.7. The monoisotopic (exact) mass is 292 g/mol. The Balaban J connectivity index is 0.00000324. The fourth-order valence-electron chi connectivity index (χ4n) is 2.18. The van der Waals surface area contributed by atoms with E-state index in [1.807, 2.05) is 13.8 Å². The van der Waals surface area contributed by atoms with Crippen molar-refractivity contribution in [3.8, 4) is 0 Å². The van der Waals surface area contributed by atoms with Crippen molar-refractivity contribution >= 4 is 24.3 Å². The van der Waals surface area contributed by atoms with E-state index >= 15 is 0 Å². The third kappa shape index (κ3) is 5.78. The average Bonchev–Trinajstić information content (AvgIpc) is 2.86. The quantitative estimate of drug-likeness (QED) is 0.723. The number of nitrogens with one attached hydrogen (secondary N) is 2. The van der Waals surface area contributed by atoms with Crippen molar-refractivity contribution in [2.45, 2.75) is 51.6 Å². The van der Waals surface area contributed by atoms with Gasteiger partial charge in [-0.25, -0.2) is 4.79 Å². The van der Waals surface area contributed by atoms with Crippen LogP contribution in [0.3, 0.4) is 0 Å². The van der Waals surface area contributed by atoms with Gasteiger partial charge in [-0.05, 0) is 25.3 Å². The summed E-state index contributed by atoms with van der Waals surface area (Å²) in [4.78, 5) is 23.5. The molecule has 0 aromatic heterocycles. The van der Waals surface area contributed by atoms with Crippen molar-refractivity contribution in [3.05, 3.63) is 0 Å². The van der Waals surface area contributed by atoms with Gasteiger partial charge >= 0.3 is 5.97 Å². The van der Waals surface area contributed by atoms with E-state index in [9.17, 15) is 9.59 Å². The molecule has 1 amide bonds. The Morgan fingerprint density at radius 1 is 1.47 bits per heavy atom. The highest BCUT2D eigenvalue weighted by Gasteiger charge is 2.27. The first-order valence-electron chi connectivity index (χ1n) is 6.69. The molecule has 1 heterocycles. The summed E-state index contributed by atoms with van der Waals surface area (Å²) in [6, 6.07) is -0.283. The lowest BCUT2D eigenvalue weighted by Crippen LogP contribution is -2.47. The van der Waals surface area contributed by atoms with Crippen LogP contribution >= 0.6 is 12.4 Å². The first-order valence-corrected chi connectivity index (χ1v) is 6.69. The van der Waals surface area contributed by atoms with Gasteiger partial charge in [-0.15, -0.1) is 12.4 Å². The molecular weight excluding hydrogens is 268 g/mol. The summed E-state index contributed by atoms with van der Waals surface area (Å²) >= 11 is 0. The molecule has 1 rings (SSSR count). The molecule has 6 heteroatoms. The average molecular weight is 293 g/mol. The summed E-state index contributed by atoms with van der Waals surface area (Å²) < 4.78 is 4.74. The van der Waals surface area contributed by atoms with E-state index in [2.05, 4.69) is 10.6 Å². The molecule has 0 aliphatic carbocycles. The van der Waals surface area contributed by atoms with E-state index in [4.69, 9.17) is 4.74 Å². The van der Waals surface area contributed by atoms with Crippen LogP contribution in [0, 0.1) is 5.92 Å². The molecule has 5 nitrogen and oxygen atoms in total. The topological polar surface area (TPSA) is 67.4 Å². The van der Waals surface area contributed by atoms with Crippen molar-refractivity contribution in [2.75, 3.05) is 13.7 Å². The molecule has 0 radical (unpaired) electrons. The van der Waals surface area contributed by atoms with Crippen molar-refractivity contribution in [1.29, 1.82) is 0 Å². The lowest BCUT2D eigenvalue weighted by molar-refractivity contribution is -0.146. The molecule has 0 saturated carbocycles. The van der Waals surface area contributed by atoms with E-state index in [-0.39, 0.29) is 36.2 Å². The molecule has 1 saturated heterocycles. The maximum atomic E-state index is 11.9. The van der Waals surface area contributed by atoms with Crippen molar-refractivity contribution in [2.24, 2.45) is 5.92 Å². The molecule has 3 atom stereocenters. The van der Waals surface area contributed by atoms with Crippen molar-refractivity contribution in [3.63, 3.8) is 0 Å². The summed E-state index contributed by atoms with van der Waals surface area (Å²) in [5.41, 5.74) is 0. The summed E-state index contributed by atoms with van der Waals surface area (Å²) in [7, 11) is 1.35. The van der Waals surface area contributed by atoms with Crippen LogP contribution in [0.5, 0.6) is 0 Å². The Morgan fingerprint density at radius 3 is 2.63 bits per heavy atom. The highest BCUT2D eigenvalue weighted by Crippen LogP contribution is 2.12. The van der Waals surface area contributed by atoms with Crippen LogP contribution in [0.15, 0.2) is 0 Å². The van der Waals surface area contributed by atoms with Crippen molar-refractivity contribution < 1.29 is 14.3 Å². The number of methoxy groups -OCH3 is 1. The number of rotatable bonds is 6. The summed E-state index contributed by atoms with van der Waals surface area (Å²) in [6.07, 6.45) is 3.40. The van der Waals surface area contributed by atoms with Crippen molar-refractivity contribution in [1.82, 2.24) is 10.6 Å². The second-order valence-corrected chi connectivity index (χ2v) is 4.95. The zero-order valence-electron chi connectivity index (χ0n) is 11.9. The number of amides is 1. The van der Waals surface area contributed by atoms with Gasteiger partial charge in [0.25, 0.3) is 0 Å². The summed E-state index contributed by atoms with van der Waals surface area (Å²) in [5.74, 6) is -0.361. The predicted molar refractivity (Wildman–Crippen MR) is 76.3 cm³/mol. The zero-order chi connectivity index (χ0) is 13.5. The van der Waals surface area contributed by atoms with E-state index in [1.54, 1.807) is 0 Å². The van der Waals surface area contributed by atoms with E-state index in [1.165, 1.54) is 7.11 Å². The minimum absolute atomic E-state index is 0. The molecule has 1 fully saturated rings. The predicted octanol–water partition coefficient (Wildman–Crippen LogP) is 1.25. The van der Waals surface area contributed by atoms with Gasteiger partial charge in [-0.3, -0.25) is 4.79 Å². The number of esters is 1. The van der Waals surface area contributed by atoms with Crippen LogP contribution in [0.4, 0.5) is 0 Å². The minimum atomic E-state index is -0.533. The maximum Gasteiger partial charge on any atom is 0.328 e. The second kappa shape index (κ2) is 9.15. The van der Waals surface area contributed by atoms with Gasteiger partial charge in [0.1, 0.15) is 6.04 Å². The standard InChI is InChI=1S/C13H24N2O3.ClH/c1-4-9(2)12(13(17)18-3)15-11(16)8-10-6-5-7-14-10;/h9-10,12,14H,4-8H2,1-3H3,(H,15,16);1H/t9-,10?,12-;/m0./s1. The molecule has 1 aliphatic rings. The Labute approximate surface area is 121 Å². The largest absolute Gasteiger partial charge is 0.467 e. The van der Waals surface area contributed by atoms with E-state index in [0.29, 0.717) is 6.42 Å². The van der Waals surface area contributed by atoms with Crippen LogP contribution < -0.4 is 10.6 Å². The molecule has 0 aromatic rings. The second-order valence-electron chi connectivity index (χ2n) is 4.95. The fraction of sp³-hybridized carbons (Fsp3) is 0.846. The van der Waals surface area contributed by atoms with Gasteiger partial charge in [-0.1, -0.05) is 20.3 Å². The molecule has 2 N–H and O–H groups in total. The molecular formula is C13H25ClN2O3. The molecule has 112 valence electrons. The summed E-state index contributed by atoms with van der Waals surface area (Å²) in [6.45, 7) is 4.91. The molecule has 0 aromatic carbocycles. The minimum Gasteiger partial charge on any atom is -0.467 e. The van der Waals surface area contributed by atoms with Gasteiger partial charge in [0.15, 0.2) is 0 Å². The lowest BCUT2D eigenvalue weighted by atomic mass is 9.99. The maximum absolute atomic E-state index is 11.9. The highest BCUT2D eigenvalue weighted by molar-refractivity contribution is 5.85. The van der Waals surface area contributed by atoms with Crippen LogP contribution in [-0.4, -0.2) is 37.6 Å². The van der Waals surface area contributed by atoms with Crippen LogP contribution in [0.1, 0.15) is 39.5 Å². The van der Waals surface area contributed by atoms with Crippen LogP contribution in [-0.2, 0) is 14.3 Å². The van der Waals surface area contributed by atoms with Gasteiger partial charge in [-0.2, -0.15) is 0 Å². The number of ether oxygens (including phenoxy) is 1. The smallest absolute Gasteiger partial charge is 0.328 e. The van der Waals surface area contributed by atoms with Gasteiger partial charge in [0, 0.05) is 12.5 Å². The summed E-state index contributed by atoms with van der Waals surface area (Å²) in [5, 5.41) is 6.06. The first-order chi connectivity index (χ1) is 8.58. The number of halogens is 1. The number of hydrogen-bond acceptors (Lipinski definition) is 4. The Hall–Kier alpha value is -0.810. The fourth-order valence-corrected chi connectivity index (χ4v) is 2.18. The van der Waals surface area contributed by atoms with Gasteiger partial charge in [0.05, 0.1) is 7.11 Å². The molecule has 1 unspecified atom stereocenters. The normalized spacial score (nSPS) is 21.1. The first kappa shape index (κ1) is 18.2.